The molecule has 0 aliphatic carbocycles. The van der Waals surface area contributed by atoms with Crippen molar-refractivity contribution in [2.24, 2.45) is 0 Å². The highest BCUT2D eigenvalue weighted by molar-refractivity contribution is 7.76. The highest BCUT2D eigenvalue weighted by Gasteiger charge is 2.29. The molecule has 2 aliphatic heterocycles. The van der Waals surface area contributed by atoms with Gasteiger partial charge in [0.05, 0.1) is 24.5 Å². The summed E-state index contributed by atoms with van der Waals surface area (Å²) in [5.74, 6) is -1.14. The summed E-state index contributed by atoms with van der Waals surface area (Å²) in [6, 6.07) is 5.05. The molecule has 0 aromatic heterocycles. The van der Waals surface area contributed by atoms with E-state index in [1.54, 1.807) is 18.2 Å². The largest absolute Gasteiger partial charge is 0.375 e. The molecule has 2 atom stereocenters. The lowest BCUT2D eigenvalue weighted by molar-refractivity contribution is -0.112. The minimum absolute atomic E-state index is 0.0647. The van der Waals surface area contributed by atoms with E-state index in [1.807, 2.05) is 0 Å². The van der Waals surface area contributed by atoms with Crippen LogP contribution in [0.4, 0.5) is 5.69 Å². The molecule has 1 amide bonds. The monoisotopic (exact) mass is 324 g/mol. The molecule has 3 rings (SSSR count). The van der Waals surface area contributed by atoms with Gasteiger partial charge in [0.1, 0.15) is 0 Å². The first kappa shape index (κ1) is 15.3. The van der Waals surface area contributed by atoms with Crippen molar-refractivity contribution in [1.29, 1.82) is 0 Å². The summed E-state index contributed by atoms with van der Waals surface area (Å²) in [5.41, 5.74) is 1.68. The SMILES string of the molecule is O=C1Nc2ccc(COCC3CCCN3S(=O)O)cc2C1=O. The Morgan fingerprint density at radius 3 is 3.00 bits per heavy atom. The van der Waals surface area contributed by atoms with E-state index in [0.29, 0.717) is 24.4 Å². The van der Waals surface area contributed by atoms with Crippen LogP contribution in [-0.2, 0) is 27.4 Å². The van der Waals surface area contributed by atoms with Gasteiger partial charge in [0, 0.05) is 12.6 Å². The summed E-state index contributed by atoms with van der Waals surface area (Å²) < 4.78 is 27.4. The van der Waals surface area contributed by atoms with Gasteiger partial charge in [0.15, 0.2) is 0 Å². The average molecular weight is 324 g/mol. The maximum Gasteiger partial charge on any atom is 0.296 e. The highest BCUT2D eigenvalue weighted by atomic mass is 32.2. The van der Waals surface area contributed by atoms with E-state index in [4.69, 9.17) is 9.29 Å². The van der Waals surface area contributed by atoms with E-state index in [1.165, 1.54) is 4.31 Å². The van der Waals surface area contributed by atoms with Crippen molar-refractivity contribution < 1.29 is 23.1 Å². The zero-order valence-electron chi connectivity index (χ0n) is 11.8. The van der Waals surface area contributed by atoms with Crippen molar-refractivity contribution in [3.63, 3.8) is 0 Å². The second kappa shape index (κ2) is 6.25. The van der Waals surface area contributed by atoms with Gasteiger partial charge in [-0.05, 0) is 30.5 Å². The standard InChI is InChI=1S/C14H16N2O5S/c17-13-11-6-9(3-4-12(11)15-14(13)18)7-21-8-10-2-1-5-16(10)22(19)20/h3-4,6,10H,1-2,5,7-8H2,(H,19,20)(H,15,17,18). The van der Waals surface area contributed by atoms with Gasteiger partial charge >= 0.3 is 0 Å². The molecule has 2 unspecified atom stereocenters. The van der Waals surface area contributed by atoms with Gasteiger partial charge in [0.2, 0.25) is 11.3 Å². The predicted molar refractivity (Wildman–Crippen MR) is 79.6 cm³/mol. The lowest BCUT2D eigenvalue weighted by atomic mass is 10.1. The lowest BCUT2D eigenvalue weighted by Gasteiger charge is -2.19. The minimum Gasteiger partial charge on any atom is -0.375 e. The van der Waals surface area contributed by atoms with Crippen LogP contribution in [0.15, 0.2) is 18.2 Å². The van der Waals surface area contributed by atoms with Gasteiger partial charge in [-0.2, -0.15) is 4.31 Å². The fourth-order valence-corrected chi connectivity index (χ4v) is 3.48. The number of amides is 1. The molecule has 0 bridgehead atoms. The van der Waals surface area contributed by atoms with E-state index in [2.05, 4.69) is 5.32 Å². The van der Waals surface area contributed by atoms with Crippen LogP contribution in [-0.4, -0.2) is 44.0 Å². The number of ketones is 1. The summed E-state index contributed by atoms with van der Waals surface area (Å²) in [6.07, 6.45) is 1.70. The van der Waals surface area contributed by atoms with Crippen LogP contribution in [0.2, 0.25) is 0 Å². The molecule has 7 nitrogen and oxygen atoms in total. The predicted octanol–water partition coefficient (Wildman–Crippen LogP) is 0.939. The van der Waals surface area contributed by atoms with Crippen LogP contribution in [0.5, 0.6) is 0 Å². The van der Waals surface area contributed by atoms with Gasteiger partial charge in [-0.1, -0.05) is 6.07 Å². The lowest BCUT2D eigenvalue weighted by Crippen LogP contribution is -2.34. The van der Waals surface area contributed by atoms with Crippen LogP contribution in [0.1, 0.15) is 28.8 Å². The summed E-state index contributed by atoms with van der Waals surface area (Å²) in [5, 5.41) is 2.50. The number of hydrogen-bond donors (Lipinski definition) is 2. The average Bonchev–Trinajstić information content (AvgIpc) is 3.06. The van der Waals surface area contributed by atoms with Gasteiger partial charge in [-0.3, -0.25) is 14.1 Å². The fourth-order valence-electron chi connectivity index (χ4n) is 2.77. The van der Waals surface area contributed by atoms with Gasteiger partial charge in [-0.25, -0.2) is 4.21 Å². The second-order valence-corrected chi connectivity index (χ2v) is 6.28. The maximum absolute atomic E-state index is 11.6. The Morgan fingerprint density at radius 2 is 2.23 bits per heavy atom. The van der Waals surface area contributed by atoms with Crippen LogP contribution >= 0.6 is 0 Å². The zero-order chi connectivity index (χ0) is 15.7. The Kier molecular flexibility index (Phi) is 4.34. The summed E-state index contributed by atoms with van der Waals surface area (Å²) in [7, 11) is 0. The van der Waals surface area contributed by atoms with Crippen molar-refractivity contribution in [3.05, 3.63) is 29.3 Å². The molecule has 0 saturated carbocycles. The van der Waals surface area contributed by atoms with Crippen LogP contribution in [0.25, 0.3) is 0 Å². The van der Waals surface area contributed by atoms with E-state index in [9.17, 15) is 13.8 Å². The number of nitrogens with one attached hydrogen (secondary N) is 1. The quantitative estimate of drug-likeness (QED) is 0.621. The molecule has 0 spiro atoms. The number of benzene rings is 1. The number of carbonyl (C=O) groups excluding carboxylic acids is 2. The Bertz CT molecular complexity index is 648. The topological polar surface area (TPSA) is 95.9 Å². The van der Waals surface area contributed by atoms with Gasteiger partial charge in [-0.15, -0.1) is 0 Å². The Morgan fingerprint density at radius 1 is 1.41 bits per heavy atom. The summed E-state index contributed by atoms with van der Waals surface area (Å²) in [4.78, 5) is 22.9. The Balaban J connectivity index is 1.58. The third kappa shape index (κ3) is 2.95. The molecule has 2 N–H and O–H groups in total. The molecule has 2 heterocycles. The molecule has 118 valence electrons. The van der Waals surface area contributed by atoms with Crippen molar-refractivity contribution in [2.75, 3.05) is 18.5 Å². The molecule has 1 aromatic carbocycles. The van der Waals surface area contributed by atoms with Crippen molar-refractivity contribution in [1.82, 2.24) is 4.31 Å². The maximum atomic E-state index is 11.6. The Labute approximate surface area is 130 Å². The third-order valence-corrected chi connectivity index (χ3v) is 4.77. The number of anilines is 1. The van der Waals surface area contributed by atoms with Crippen LogP contribution < -0.4 is 5.32 Å². The van der Waals surface area contributed by atoms with E-state index in [-0.39, 0.29) is 12.6 Å². The molecule has 8 heteroatoms. The normalized spacial score (nSPS) is 22.7. The molecular formula is C14H16N2O5S. The zero-order valence-corrected chi connectivity index (χ0v) is 12.6. The number of ether oxygens (including phenoxy) is 1. The molecule has 1 aromatic rings. The molecular weight excluding hydrogens is 308 g/mol. The van der Waals surface area contributed by atoms with E-state index >= 15 is 0 Å². The van der Waals surface area contributed by atoms with Crippen LogP contribution in [0, 0.1) is 0 Å². The number of carbonyl (C=O) groups is 2. The van der Waals surface area contributed by atoms with Crippen molar-refractivity contribution in [2.45, 2.75) is 25.5 Å². The fraction of sp³-hybridized carbons (Fsp3) is 0.429. The summed E-state index contributed by atoms with van der Waals surface area (Å²) >= 11 is -1.96. The molecule has 22 heavy (non-hydrogen) atoms. The number of fused-ring (bicyclic) bond motifs is 1. The van der Waals surface area contributed by atoms with E-state index < -0.39 is 23.0 Å². The minimum atomic E-state index is -1.96. The first-order valence-electron chi connectivity index (χ1n) is 7.00. The first-order valence-corrected chi connectivity index (χ1v) is 8.06. The highest BCUT2D eigenvalue weighted by Crippen LogP contribution is 2.24. The third-order valence-electron chi connectivity index (χ3n) is 3.89. The number of nitrogens with zero attached hydrogens (tertiary/aromatic N) is 1. The number of hydrogen-bond acceptors (Lipinski definition) is 4. The van der Waals surface area contributed by atoms with Crippen LogP contribution in [0.3, 0.4) is 0 Å². The van der Waals surface area contributed by atoms with Gasteiger partial charge < -0.3 is 10.1 Å². The summed E-state index contributed by atoms with van der Waals surface area (Å²) in [6.45, 7) is 1.24. The second-order valence-electron chi connectivity index (χ2n) is 5.35. The smallest absolute Gasteiger partial charge is 0.296 e. The van der Waals surface area contributed by atoms with Gasteiger partial charge in [0.25, 0.3) is 11.7 Å². The number of Topliss-reactive ketones (excluding diaryl/α,β-unsaturated/α-hetero) is 1. The molecule has 1 fully saturated rings. The van der Waals surface area contributed by atoms with Crippen molar-refractivity contribution in [3.8, 4) is 0 Å². The molecule has 0 radical (unpaired) electrons. The molecule has 2 aliphatic rings. The first-order chi connectivity index (χ1) is 10.6. The number of rotatable bonds is 5. The Hall–Kier alpha value is -1.61. The molecule has 1 saturated heterocycles. The van der Waals surface area contributed by atoms with Crippen molar-refractivity contribution >= 4 is 28.6 Å². The van der Waals surface area contributed by atoms with E-state index in [0.717, 1.165) is 18.4 Å².